The molecule has 0 amide bonds. The van der Waals surface area contributed by atoms with E-state index in [0.717, 1.165) is 5.69 Å². The van der Waals surface area contributed by atoms with Gasteiger partial charge in [0.1, 0.15) is 0 Å². The number of carbonyl (C=O) groups excluding carboxylic acids is 1. The molecule has 0 aromatic carbocycles. The molecule has 0 unspecified atom stereocenters. The lowest BCUT2D eigenvalue weighted by molar-refractivity contribution is -0.140. The van der Waals surface area contributed by atoms with Crippen LogP contribution in [0.25, 0.3) is 0 Å². The lowest BCUT2D eigenvalue weighted by Gasteiger charge is -2.22. The molecule has 94 valence electrons. The molecule has 1 aromatic rings. The van der Waals surface area contributed by atoms with Crippen LogP contribution in [0.1, 0.15) is 50.8 Å². The van der Waals surface area contributed by atoms with Crippen molar-refractivity contribution in [3.05, 3.63) is 18.2 Å². The molecule has 0 radical (unpaired) electrons. The molecule has 1 heterocycles. The molecule has 0 aliphatic heterocycles. The summed E-state index contributed by atoms with van der Waals surface area (Å²) in [7, 11) is 0. The summed E-state index contributed by atoms with van der Waals surface area (Å²) in [5.41, 5.74) is 1.01. The maximum atomic E-state index is 10.6. The minimum Gasteiger partial charge on any atom is -0.465 e. The largest absolute Gasteiger partial charge is 0.465 e. The van der Waals surface area contributed by atoms with E-state index >= 15 is 0 Å². The van der Waals surface area contributed by atoms with Gasteiger partial charge in [-0.25, -0.2) is 4.98 Å². The van der Waals surface area contributed by atoms with Crippen molar-refractivity contribution in [3.63, 3.8) is 0 Å². The number of aromatic nitrogens is 2. The van der Waals surface area contributed by atoms with Gasteiger partial charge >= 0.3 is 5.97 Å². The van der Waals surface area contributed by atoms with E-state index in [-0.39, 0.29) is 5.97 Å². The number of imidazole rings is 1. The summed E-state index contributed by atoms with van der Waals surface area (Å²) in [6, 6.07) is 0.624. The van der Waals surface area contributed by atoms with E-state index < -0.39 is 0 Å². The van der Waals surface area contributed by atoms with Crippen LogP contribution in [0.3, 0.4) is 0 Å². The highest BCUT2D eigenvalue weighted by atomic mass is 16.5. The maximum absolute atomic E-state index is 10.6. The van der Waals surface area contributed by atoms with Crippen LogP contribution in [0, 0.1) is 0 Å². The first-order valence-corrected chi connectivity index (χ1v) is 6.41. The minimum absolute atomic E-state index is 0.225. The smallest absolute Gasteiger partial charge is 0.302 e. The molecule has 4 nitrogen and oxygen atoms in total. The lowest BCUT2D eigenvalue weighted by atomic mass is 9.95. The fourth-order valence-electron chi connectivity index (χ4n) is 2.39. The van der Waals surface area contributed by atoms with E-state index in [1.165, 1.54) is 39.0 Å². The predicted molar refractivity (Wildman–Crippen MR) is 64.7 cm³/mol. The third-order valence-electron chi connectivity index (χ3n) is 3.31. The van der Waals surface area contributed by atoms with Crippen LogP contribution in [0.2, 0.25) is 0 Å². The fraction of sp³-hybridized carbons (Fsp3) is 0.692. The lowest BCUT2D eigenvalue weighted by Crippen LogP contribution is -2.10. The third kappa shape index (κ3) is 3.58. The molecular formula is C13H20N2O2. The SMILES string of the molecule is CC(=O)OCCc1cn(C2CCCCC2)cn1. The summed E-state index contributed by atoms with van der Waals surface area (Å²) >= 11 is 0. The number of esters is 1. The van der Waals surface area contributed by atoms with Crippen LogP contribution in [-0.4, -0.2) is 22.1 Å². The van der Waals surface area contributed by atoms with E-state index in [9.17, 15) is 4.79 Å². The quantitative estimate of drug-likeness (QED) is 0.754. The molecule has 4 heteroatoms. The molecule has 0 atom stereocenters. The maximum Gasteiger partial charge on any atom is 0.302 e. The summed E-state index contributed by atoms with van der Waals surface area (Å²) in [5.74, 6) is -0.225. The molecule has 1 aliphatic rings. The van der Waals surface area contributed by atoms with Crippen LogP contribution in [-0.2, 0) is 16.0 Å². The zero-order valence-corrected chi connectivity index (χ0v) is 10.4. The van der Waals surface area contributed by atoms with Crippen molar-refractivity contribution in [2.45, 2.75) is 51.5 Å². The average Bonchev–Trinajstić information content (AvgIpc) is 2.78. The van der Waals surface area contributed by atoms with E-state index in [1.807, 2.05) is 6.33 Å². The second-order valence-corrected chi connectivity index (χ2v) is 4.69. The normalized spacial score (nSPS) is 17.0. The van der Waals surface area contributed by atoms with Gasteiger partial charge in [-0.2, -0.15) is 0 Å². The summed E-state index contributed by atoms with van der Waals surface area (Å²) in [6.07, 6.45) is 11.3. The van der Waals surface area contributed by atoms with Gasteiger partial charge in [-0.1, -0.05) is 19.3 Å². The van der Waals surface area contributed by atoms with E-state index in [2.05, 4.69) is 15.7 Å². The second kappa shape index (κ2) is 5.84. The van der Waals surface area contributed by atoms with Crippen LogP contribution in [0.4, 0.5) is 0 Å². The molecule has 0 bridgehead atoms. The van der Waals surface area contributed by atoms with E-state index in [1.54, 1.807) is 0 Å². The summed E-state index contributed by atoms with van der Waals surface area (Å²) in [6.45, 7) is 1.86. The number of hydrogen-bond donors (Lipinski definition) is 0. The van der Waals surface area contributed by atoms with Crippen molar-refractivity contribution >= 4 is 5.97 Å². The highest BCUT2D eigenvalue weighted by Crippen LogP contribution is 2.27. The van der Waals surface area contributed by atoms with Gasteiger partial charge in [0, 0.05) is 25.6 Å². The first-order chi connectivity index (χ1) is 8.25. The number of ether oxygens (including phenoxy) is 1. The first-order valence-electron chi connectivity index (χ1n) is 6.41. The van der Waals surface area contributed by atoms with Gasteiger partial charge in [0.2, 0.25) is 0 Å². The molecule has 1 fully saturated rings. The first kappa shape index (κ1) is 12.1. The van der Waals surface area contributed by atoms with Crippen molar-refractivity contribution in [1.29, 1.82) is 0 Å². The molecule has 0 saturated heterocycles. The van der Waals surface area contributed by atoms with Crippen LogP contribution in [0.5, 0.6) is 0 Å². The topological polar surface area (TPSA) is 44.1 Å². The second-order valence-electron chi connectivity index (χ2n) is 4.69. The van der Waals surface area contributed by atoms with Gasteiger partial charge in [-0.3, -0.25) is 4.79 Å². The molecule has 0 spiro atoms. The van der Waals surface area contributed by atoms with Gasteiger partial charge in [0.15, 0.2) is 0 Å². The molecule has 1 aromatic heterocycles. The molecule has 1 saturated carbocycles. The Morgan fingerprint density at radius 3 is 2.94 bits per heavy atom. The number of rotatable bonds is 4. The number of nitrogens with zero attached hydrogens (tertiary/aromatic N) is 2. The summed E-state index contributed by atoms with van der Waals surface area (Å²) < 4.78 is 7.14. The van der Waals surface area contributed by atoms with Gasteiger partial charge in [0.05, 0.1) is 18.6 Å². The summed E-state index contributed by atoms with van der Waals surface area (Å²) in [5, 5.41) is 0. The number of carbonyl (C=O) groups is 1. The summed E-state index contributed by atoms with van der Waals surface area (Å²) in [4.78, 5) is 15.0. The average molecular weight is 236 g/mol. The Kier molecular flexibility index (Phi) is 4.18. The van der Waals surface area contributed by atoms with Gasteiger partial charge in [-0.05, 0) is 12.8 Å². The molecule has 1 aliphatic carbocycles. The van der Waals surface area contributed by atoms with E-state index in [4.69, 9.17) is 4.74 Å². The monoisotopic (exact) mass is 236 g/mol. The van der Waals surface area contributed by atoms with Crippen LogP contribution in [0.15, 0.2) is 12.5 Å². The fourth-order valence-corrected chi connectivity index (χ4v) is 2.39. The van der Waals surface area contributed by atoms with Crippen molar-refractivity contribution in [1.82, 2.24) is 9.55 Å². The highest BCUT2D eigenvalue weighted by Gasteiger charge is 2.15. The molecule has 17 heavy (non-hydrogen) atoms. The van der Waals surface area contributed by atoms with Gasteiger partial charge in [0.25, 0.3) is 0 Å². The Hall–Kier alpha value is -1.32. The van der Waals surface area contributed by atoms with Crippen molar-refractivity contribution in [2.75, 3.05) is 6.61 Å². The van der Waals surface area contributed by atoms with Gasteiger partial charge < -0.3 is 9.30 Å². The molecular weight excluding hydrogens is 216 g/mol. The third-order valence-corrected chi connectivity index (χ3v) is 3.31. The Balaban J connectivity index is 1.84. The molecule has 2 rings (SSSR count). The van der Waals surface area contributed by atoms with Crippen molar-refractivity contribution in [3.8, 4) is 0 Å². The Bertz CT molecular complexity index is 367. The standard InChI is InChI=1S/C13H20N2O2/c1-11(16)17-8-7-12-9-15(10-14-12)13-5-3-2-4-6-13/h9-10,13H,2-8H2,1H3. The van der Waals surface area contributed by atoms with Crippen LogP contribution >= 0.6 is 0 Å². The molecule has 0 N–H and O–H groups in total. The Morgan fingerprint density at radius 1 is 1.47 bits per heavy atom. The Morgan fingerprint density at radius 2 is 2.24 bits per heavy atom. The predicted octanol–water partition coefficient (Wildman–Crippen LogP) is 2.49. The highest BCUT2D eigenvalue weighted by molar-refractivity contribution is 5.65. The van der Waals surface area contributed by atoms with E-state index in [0.29, 0.717) is 19.1 Å². The zero-order valence-electron chi connectivity index (χ0n) is 10.4. The number of hydrogen-bond acceptors (Lipinski definition) is 3. The zero-order chi connectivity index (χ0) is 12.1. The van der Waals surface area contributed by atoms with Crippen molar-refractivity contribution < 1.29 is 9.53 Å². The van der Waals surface area contributed by atoms with Crippen molar-refractivity contribution in [2.24, 2.45) is 0 Å². The minimum atomic E-state index is -0.225. The van der Waals surface area contributed by atoms with Crippen LogP contribution < -0.4 is 0 Å². The van der Waals surface area contributed by atoms with Gasteiger partial charge in [-0.15, -0.1) is 0 Å². The Labute approximate surface area is 102 Å².